The van der Waals surface area contributed by atoms with Gasteiger partial charge in [-0.3, -0.25) is 0 Å². The summed E-state index contributed by atoms with van der Waals surface area (Å²) in [6.07, 6.45) is 2.13. The average molecular weight is 266 g/mol. The highest BCUT2D eigenvalue weighted by Gasteiger charge is 2.27. The van der Waals surface area contributed by atoms with E-state index in [4.69, 9.17) is 4.74 Å². The van der Waals surface area contributed by atoms with Crippen LogP contribution in [0.2, 0.25) is 0 Å². The second kappa shape index (κ2) is 5.16. The van der Waals surface area contributed by atoms with Crippen LogP contribution in [0.15, 0.2) is 17.0 Å². The molecule has 0 atom stereocenters. The van der Waals surface area contributed by atoms with Crippen molar-refractivity contribution in [3.05, 3.63) is 23.3 Å². The quantitative estimate of drug-likeness (QED) is 0.696. The van der Waals surface area contributed by atoms with Crippen LogP contribution in [0.1, 0.15) is 52.7 Å². The Morgan fingerprint density at radius 2 is 1.28 bits per heavy atom. The minimum Gasteiger partial charge on any atom is -0.496 e. The summed E-state index contributed by atoms with van der Waals surface area (Å²) < 4.78 is 5.72. The lowest BCUT2D eigenvalue weighted by Crippen LogP contribution is -2.19. The van der Waals surface area contributed by atoms with Crippen molar-refractivity contribution in [2.45, 2.75) is 57.3 Å². The number of hydrogen-bond acceptors (Lipinski definition) is 2. The Hall–Kier alpha value is -0.630. The molecule has 0 aliphatic carbocycles. The van der Waals surface area contributed by atoms with Gasteiger partial charge < -0.3 is 4.74 Å². The molecule has 0 bridgehead atoms. The highest BCUT2D eigenvalue weighted by Crippen LogP contribution is 2.41. The van der Waals surface area contributed by atoms with E-state index in [1.807, 2.05) is 0 Å². The Balaban J connectivity index is 3.61. The molecule has 102 valence electrons. The minimum atomic E-state index is 0.0943. The Bertz CT molecular complexity index is 387. The van der Waals surface area contributed by atoms with Crippen molar-refractivity contribution in [3.63, 3.8) is 0 Å². The smallest absolute Gasteiger partial charge is 0.126 e. The maximum atomic E-state index is 5.72. The number of methoxy groups -OCH3 is 1. The third-order valence-corrected chi connectivity index (χ3v) is 3.83. The molecule has 18 heavy (non-hydrogen) atoms. The molecule has 1 aromatic carbocycles. The van der Waals surface area contributed by atoms with Crippen LogP contribution in [0.5, 0.6) is 5.75 Å². The van der Waals surface area contributed by atoms with Crippen LogP contribution in [0.3, 0.4) is 0 Å². The van der Waals surface area contributed by atoms with Crippen molar-refractivity contribution in [1.82, 2.24) is 0 Å². The molecule has 1 aromatic rings. The largest absolute Gasteiger partial charge is 0.496 e. The zero-order valence-electron chi connectivity index (χ0n) is 13.0. The SMILES string of the molecule is COc1c(C(C)(C)C)cc(SC)cc1C(C)(C)C. The van der Waals surface area contributed by atoms with Gasteiger partial charge in [0, 0.05) is 16.0 Å². The lowest BCUT2D eigenvalue weighted by Gasteiger charge is -2.29. The van der Waals surface area contributed by atoms with Gasteiger partial charge >= 0.3 is 0 Å². The fourth-order valence-electron chi connectivity index (χ4n) is 2.05. The van der Waals surface area contributed by atoms with Crippen LogP contribution in [0, 0.1) is 0 Å². The summed E-state index contributed by atoms with van der Waals surface area (Å²) in [6, 6.07) is 4.53. The van der Waals surface area contributed by atoms with Gasteiger partial charge in [0.15, 0.2) is 0 Å². The predicted molar refractivity (Wildman–Crippen MR) is 82.2 cm³/mol. The summed E-state index contributed by atoms with van der Waals surface area (Å²) in [5, 5.41) is 0. The number of ether oxygens (including phenoxy) is 1. The van der Waals surface area contributed by atoms with E-state index in [0.29, 0.717) is 0 Å². The van der Waals surface area contributed by atoms with Gasteiger partial charge in [-0.2, -0.15) is 0 Å². The summed E-state index contributed by atoms with van der Waals surface area (Å²) >= 11 is 1.79. The van der Waals surface area contributed by atoms with Crippen LogP contribution in [0.4, 0.5) is 0 Å². The summed E-state index contributed by atoms with van der Waals surface area (Å²) in [5.74, 6) is 1.05. The first-order valence-corrected chi connectivity index (χ1v) is 7.60. The summed E-state index contributed by atoms with van der Waals surface area (Å²) in [4.78, 5) is 1.31. The highest BCUT2D eigenvalue weighted by molar-refractivity contribution is 7.98. The van der Waals surface area contributed by atoms with Crippen molar-refractivity contribution in [2.75, 3.05) is 13.4 Å². The van der Waals surface area contributed by atoms with Crippen LogP contribution in [-0.2, 0) is 10.8 Å². The second-order valence-corrected chi connectivity index (χ2v) is 7.64. The van der Waals surface area contributed by atoms with Crippen LogP contribution in [-0.4, -0.2) is 13.4 Å². The van der Waals surface area contributed by atoms with Crippen LogP contribution >= 0.6 is 11.8 Å². The van der Waals surface area contributed by atoms with E-state index in [-0.39, 0.29) is 10.8 Å². The third kappa shape index (κ3) is 3.23. The molecule has 1 rings (SSSR count). The van der Waals surface area contributed by atoms with Gasteiger partial charge in [-0.05, 0) is 29.2 Å². The molecule has 0 saturated carbocycles. The molecule has 0 amide bonds. The molecule has 0 spiro atoms. The minimum absolute atomic E-state index is 0.0943. The lowest BCUT2D eigenvalue weighted by atomic mass is 9.79. The highest BCUT2D eigenvalue weighted by atomic mass is 32.2. The Kier molecular flexibility index (Phi) is 4.42. The monoisotopic (exact) mass is 266 g/mol. The molecule has 1 nitrogen and oxygen atoms in total. The van der Waals surface area contributed by atoms with E-state index in [0.717, 1.165) is 5.75 Å². The maximum Gasteiger partial charge on any atom is 0.126 e. The predicted octanol–water partition coefficient (Wildman–Crippen LogP) is 5.01. The topological polar surface area (TPSA) is 9.23 Å². The van der Waals surface area contributed by atoms with Crippen LogP contribution < -0.4 is 4.74 Å². The fraction of sp³-hybridized carbons (Fsp3) is 0.625. The fourth-order valence-corrected chi connectivity index (χ4v) is 2.53. The number of benzene rings is 1. The van der Waals surface area contributed by atoms with Gasteiger partial charge in [0.2, 0.25) is 0 Å². The van der Waals surface area contributed by atoms with E-state index >= 15 is 0 Å². The van der Waals surface area contributed by atoms with E-state index in [9.17, 15) is 0 Å². The zero-order chi connectivity index (χ0) is 14.1. The normalized spacial score (nSPS) is 12.7. The molecular formula is C16H26OS. The van der Waals surface area contributed by atoms with E-state index in [2.05, 4.69) is 59.9 Å². The van der Waals surface area contributed by atoms with Crippen molar-refractivity contribution >= 4 is 11.8 Å². The molecule has 0 saturated heterocycles. The molecule has 0 aliphatic heterocycles. The van der Waals surface area contributed by atoms with Gasteiger partial charge in [0.25, 0.3) is 0 Å². The second-order valence-electron chi connectivity index (χ2n) is 6.76. The summed E-state index contributed by atoms with van der Waals surface area (Å²) in [7, 11) is 1.78. The standard InChI is InChI=1S/C16H26OS/c1-15(2,3)12-9-11(18-8)10-13(14(12)17-7)16(4,5)6/h9-10H,1-8H3. The molecule has 0 fully saturated rings. The lowest BCUT2D eigenvalue weighted by molar-refractivity contribution is 0.380. The van der Waals surface area contributed by atoms with E-state index < -0.39 is 0 Å². The molecule has 0 aromatic heterocycles. The van der Waals surface area contributed by atoms with E-state index in [1.54, 1.807) is 18.9 Å². The summed E-state index contributed by atoms with van der Waals surface area (Å²) in [5.41, 5.74) is 2.78. The van der Waals surface area contributed by atoms with Gasteiger partial charge in [-0.1, -0.05) is 41.5 Å². The molecule has 0 radical (unpaired) electrons. The molecule has 0 heterocycles. The number of hydrogen-bond donors (Lipinski definition) is 0. The van der Waals surface area contributed by atoms with Crippen molar-refractivity contribution in [1.29, 1.82) is 0 Å². The Morgan fingerprint density at radius 1 is 0.889 bits per heavy atom. The van der Waals surface area contributed by atoms with E-state index in [1.165, 1.54) is 16.0 Å². The maximum absolute atomic E-state index is 5.72. The number of rotatable bonds is 2. The van der Waals surface area contributed by atoms with Crippen molar-refractivity contribution < 1.29 is 4.74 Å². The molecular weight excluding hydrogens is 240 g/mol. The Morgan fingerprint density at radius 3 is 1.50 bits per heavy atom. The first kappa shape index (κ1) is 15.4. The zero-order valence-corrected chi connectivity index (χ0v) is 13.8. The average Bonchev–Trinajstić information content (AvgIpc) is 2.24. The third-order valence-electron chi connectivity index (χ3n) is 3.12. The first-order chi connectivity index (χ1) is 8.11. The number of thioether (sulfide) groups is 1. The summed E-state index contributed by atoms with van der Waals surface area (Å²) in [6.45, 7) is 13.4. The molecule has 0 unspecified atom stereocenters. The van der Waals surface area contributed by atoms with Crippen LogP contribution in [0.25, 0.3) is 0 Å². The molecule has 2 heteroatoms. The van der Waals surface area contributed by atoms with Gasteiger partial charge in [0.1, 0.15) is 5.75 Å². The first-order valence-electron chi connectivity index (χ1n) is 6.38. The molecule has 0 N–H and O–H groups in total. The van der Waals surface area contributed by atoms with Gasteiger partial charge in [-0.15, -0.1) is 11.8 Å². The molecule has 0 aliphatic rings. The van der Waals surface area contributed by atoms with Gasteiger partial charge in [0.05, 0.1) is 7.11 Å². The Labute approximate surface area is 116 Å². The van der Waals surface area contributed by atoms with Gasteiger partial charge in [-0.25, -0.2) is 0 Å². The van der Waals surface area contributed by atoms with Crippen molar-refractivity contribution in [2.24, 2.45) is 0 Å². The van der Waals surface area contributed by atoms with Crippen molar-refractivity contribution in [3.8, 4) is 5.75 Å².